The molecule has 1 aromatic carbocycles. The Labute approximate surface area is 193 Å². The molecule has 32 heavy (non-hydrogen) atoms. The third-order valence-corrected chi connectivity index (χ3v) is 7.05. The van der Waals surface area contributed by atoms with Crippen LogP contribution in [0.2, 0.25) is 0 Å². The van der Waals surface area contributed by atoms with Gasteiger partial charge in [-0.05, 0) is 75.2 Å². The van der Waals surface area contributed by atoms with Crippen molar-refractivity contribution in [3.63, 3.8) is 0 Å². The van der Waals surface area contributed by atoms with Gasteiger partial charge in [0.25, 0.3) is 5.91 Å². The Bertz CT molecular complexity index is 1050. The van der Waals surface area contributed by atoms with E-state index in [2.05, 4.69) is 30.1 Å². The van der Waals surface area contributed by atoms with E-state index in [1.807, 2.05) is 18.2 Å². The normalized spacial score (nSPS) is 16.0. The molecule has 1 aliphatic heterocycles. The van der Waals surface area contributed by atoms with Crippen molar-refractivity contribution in [3.05, 3.63) is 64.4 Å². The van der Waals surface area contributed by atoms with Crippen molar-refractivity contribution in [2.24, 2.45) is 5.92 Å². The summed E-state index contributed by atoms with van der Waals surface area (Å²) in [6.07, 6.45) is 3.79. The van der Waals surface area contributed by atoms with Gasteiger partial charge in [-0.3, -0.25) is 9.69 Å². The van der Waals surface area contributed by atoms with Crippen molar-refractivity contribution in [2.45, 2.75) is 32.7 Å². The lowest BCUT2D eigenvalue weighted by molar-refractivity contribution is 0.0996. The van der Waals surface area contributed by atoms with Crippen LogP contribution >= 0.6 is 11.3 Å². The van der Waals surface area contributed by atoms with Gasteiger partial charge in [0.1, 0.15) is 16.5 Å². The molecule has 1 saturated heterocycles. The van der Waals surface area contributed by atoms with Crippen molar-refractivity contribution in [3.8, 4) is 11.5 Å². The topological polar surface area (TPSA) is 63.9 Å². The Balaban J connectivity index is 1.79. The van der Waals surface area contributed by atoms with E-state index in [9.17, 15) is 4.79 Å². The van der Waals surface area contributed by atoms with Crippen LogP contribution in [0.3, 0.4) is 0 Å². The quantitative estimate of drug-likeness (QED) is 0.493. The van der Waals surface area contributed by atoms with Gasteiger partial charge in [-0.25, -0.2) is 0 Å². The Hall–Kier alpha value is -2.77. The molecule has 0 radical (unpaired) electrons. The highest BCUT2D eigenvalue weighted by Crippen LogP contribution is 2.44. The second-order valence-electron chi connectivity index (χ2n) is 8.30. The van der Waals surface area contributed by atoms with Crippen LogP contribution in [-0.2, 0) is 0 Å². The molecule has 1 N–H and O–H groups in total. The smallest absolute Gasteiger partial charge is 0.291 e. The number of aryl methyl sites for hydroxylation is 1. The van der Waals surface area contributed by atoms with Crippen LogP contribution in [0.25, 0.3) is 0 Å². The molecule has 0 aliphatic carbocycles. The second kappa shape index (κ2) is 9.79. The Morgan fingerprint density at radius 3 is 2.59 bits per heavy atom. The van der Waals surface area contributed by atoms with Gasteiger partial charge in [0, 0.05) is 16.0 Å². The zero-order chi connectivity index (χ0) is 22.7. The van der Waals surface area contributed by atoms with Crippen LogP contribution in [-0.4, -0.2) is 38.1 Å². The maximum absolute atomic E-state index is 12.8. The van der Waals surface area contributed by atoms with Gasteiger partial charge >= 0.3 is 0 Å². The molecule has 1 fully saturated rings. The largest absolute Gasteiger partial charge is 0.497 e. The van der Waals surface area contributed by atoms with Gasteiger partial charge in [-0.2, -0.15) is 0 Å². The highest BCUT2D eigenvalue weighted by atomic mass is 32.1. The molecule has 0 saturated carbocycles. The van der Waals surface area contributed by atoms with E-state index in [4.69, 9.17) is 13.9 Å². The summed E-state index contributed by atoms with van der Waals surface area (Å²) >= 11 is 1.58. The zero-order valence-electron chi connectivity index (χ0n) is 19.0. The summed E-state index contributed by atoms with van der Waals surface area (Å²) in [4.78, 5) is 16.4. The average molecular weight is 455 g/mol. The summed E-state index contributed by atoms with van der Waals surface area (Å²) in [6, 6.07) is 11.4. The lowest BCUT2D eigenvalue weighted by Crippen LogP contribution is -2.37. The first-order chi connectivity index (χ1) is 15.5. The van der Waals surface area contributed by atoms with Crippen LogP contribution in [0, 0.1) is 12.8 Å². The number of thiophene rings is 1. The fourth-order valence-corrected chi connectivity index (χ4v) is 5.25. The maximum Gasteiger partial charge on any atom is 0.291 e. The summed E-state index contributed by atoms with van der Waals surface area (Å²) in [7, 11) is 3.37. The number of amides is 1. The Kier molecular flexibility index (Phi) is 6.86. The number of benzene rings is 1. The van der Waals surface area contributed by atoms with Crippen LogP contribution in [0.5, 0.6) is 11.5 Å². The highest BCUT2D eigenvalue weighted by Gasteiger charge is 2.32. The molecule has 4 rings (SSSR count). The van der Waals surface area contributed by atoms with Gasteiger partial charge in [0.15, 0.2) is 5.76 Å². The molecule has 6 nitrogen and oxygen atoms in total. The molecule has 1 aliphatic rings. The number of piperidine rings is 1. The molecular formula is C25H30N2O4S. The third-order valence-electron chi connectivity index (χ3n) is 6.07. The number of rotatable bonds is 7. The van der Waals surface area contributed by atoms with Crippen molar-refractivity contribution >= 4 is 22.2 Å². The number of hydrogen-bond donors (Lipinski definition) is 1. The number of methoxy groups -OCH3 is 2. The molecule has 3 aromatic rings. The Morgan fingerprint density at radius 1 is 1.16 bits per heavy atom. The maximum atomic E-state index is 12.8. The molecule has 170 valence electrons. The van der Waals surface area contributed by atoms with Crippen LogP contribution in [0.15, 0.2) is 47.1 Å². The number of nitrogens with zero attached hydrogens (tertiary/aromatic N) is 1. The van der Waals surface area contributed by atoms with Gasteiger partial charge < -0.3 is 19.2 Å². The summed E-state index contributed by atoms with van der Waals surface area (Å²) in [5.74, 6) is 2.35. The van der Waals surface area contributed by atoms with Crippen LogP contribution < -0.4 is 14.8 Å². The molecule has 3 heterocycles. The molecule has 1 atom stereocenters. The van der Waals surface area contributed by atoms with E-state index in [0.29, 0.717) is 11.7 Å². The molecule has 7 heteroatoms. The number of carbonyl (C=O) groups is 1. The van der Waals surface area contributed by atoms with Gasteiger partial charge in [-0.15, -0.1) is 11.3 Å². The monoisotopic (exact) mass is 454 g/mol. The minimum absolute atomic E-state index is 0.0654. The van der Waals surface area contributed by atoms with E-state index in [0.717, 1.165) is 58.4 Å². The predicted octanol–water partition coefficient (Wildman–Crippen LogP) is 5.74. The Morgan fingerprint density at radius 2 is 1.94 bits per heavy atom. The van der Waals surface area contributed by atoms with Crippen molar-refractivity contribution in [2.75, 3.05) is 32.6 Å². The first-order valence-electron chi connectivity index (χ1n) is 10.9. The van der Waals surface area contributed by atoms with E-state index >= 15 is 0 Å². The summed E-state index contributed by atoms with van der Waals surface area (Å²) in [5.41, 5.74) is 2.10. The summed E-state index contributed by atoms with van der Waals surface area (Å²) in [5, 5.41) is 3.92. The van der Waals surface area contributed by atoms with E-state index in [1.165, 1.54) is 6.26 Å². The fourth-order valence-electron chi connectivity index (χ4n) is 4.31. The SMILES string of the molecule is COc1ccc(OC)c([C@@H](c2cc(C)sc2NC(=O)c2ccco2)N2CCC(C)CC2)c1. The predicted molar refractivity (Wildman–Crippen MR) is 127 cm³/mol. The van der Waals surface area contributed by atoms with Gasteiger partial charge in [-0.1, -0.05) is 6.92 Å². The minimum atomic E-state index is -0.248. The molecule has 2 aromatic heterocycles. The summed E-state index contributed by atoms with van der Waals surface area (Å²) in [6.45, 7) is 6.33. The fraction of sp³-hybridized carbons (Fsp3) is 0.400. The summed E-state index contributed by atoms with van der Waals surface area (Å²) < 4.78 is 16.6. The van der Waals surface area contributed by atoms with E-state index in [1.54, 1.807) is 37.7 Å². The number of nitrogens with one attached hydrogen (secondary N) is 1. The highest BCUT2D eigenvalue weighted by molar-refractivity contribution is 7.16. The van der Waals surface area contributed by atoms with Crippen LogP contribution in [0.4, 0.5) is 5.00 Å². The van der Waals surface area contributed by atoms with Crippen molar-refractivity contribution < 1.29 is 18.7 Å². The van der Waals surface area contributed by atoms with E-state index in [-0.39, 0.29) is 11.9 Å². The first kappa shape index (κ1) is 22.4. The number of anilines is 1. The molecule has 1 amide bonds. The number of ether oxygens (including phenoxy) is 2. The van der Waals surface area contributed by atoms with Crippen molar-refractivity contribution in [1.29, 1.82) is 0 Å². The van der Waals surface area contributed by atoms with Gasteiger partial charge in [0.2, 0.25) is 0 Å². The van der Waals surface area contributed by atoms with Gasteiger partial charge in [0.05, 0.1) is 26.5 Å². The molecule has 0 bridgehead atoms. The van der Waals surface area contributed by atoms with E-state index < -0.39 is 0 Å². The number of hydrogen-bond acceptors (Lipinski definition) is 6. The number of likely N-dealkylation sites (tertiary alicyclic amines) is 1. The lowest BCUT2D eigenvalue weighted by Gasteiger charge is -2.37. The number of furan rings is 1. The third kappa shape index (κ3) is 4.69. The molecule has 0 unspecified atom stereocenters. The first-order valence-corrected chi connectivity index (χ1v) is 11.7. The average Bonchev–Trinajstić information content (AvgIpc) is 3.45. The van der Waals surface area contributed by atoms with Crippen LogP contribution in [0.1, 0.15) is 52.4 Å². The minimum Gasteiger partial charge on any atom is -0.497 e. The zero-order valence-corrected chi connectivity index (χ0v) is 19.8. The standard InChI is InChI=1S/C25H30N2O4S/c1-16-9-11-27(12-10-16)23(19-15-18(29-3)7-8-21(19)30-4)20-14-17(2)32-25(20)26-24(28)22-6-5-13-31-22/h5-8,13-16,23H,9-12H2,1-4H3,(H,26,28)/t23-/m0/s1. The molecular weight excluding hydrogens is 424 g/mol. The molecule has 0 spiro atoms. The number of carbonyl (C=O) groups excluding carboxylic acids is 1. The second-order valence-corrected chi connectivity index (χ2v) is 9.56. The lowest BCUT2D eigenvalue weighted by atomic mass is 9.92. The van der Waals surface area contributed by atoms with Crippen molar-refractivity contribution in [1.82, 2.24) is 4.90 Å².